The number of nitrogens with two attached hydrogens (primary N) is 1. The van der Waals surface area contributed by atoms with E-state index in [-0.39, 0.29) is 23.7 Å². The van der Waals surface area contributed by atoms with Crippen molar-refractivity contribution in [1.82, 2.24) is 5.43 Å². The summed E-state index contributed by atoms with van der Waals surface area (Å²) in [5, 5.41) is 0. The molecule has 0 aromatic rings. The van der Waals surface area contributed by atoms with E-state index < -0.39 is 0 Å². The molecule has 1 amide bonds. The third kappa shape index (κ3) is 2.64. The van der Waals surface area contributed by atoms with Crippen molar-refractivity contribution >= 4 is 18.3 Å². The van der Waals surface area contributed by atoms with Crippen molar-refractivity contribution in [3.05, 3.63) is 0 Å². The highest BCUT2D eigenvalue weighted by Gasteiger charge is 2.31. The van der Waals surface area contributed by atoms with Crippen LogP contribution in [0.3, 0.4) is 0 Å². The smallest absolute Gasteiger partial charge is 0.240 e. The van der Waals surface area contributed by atoms with Gasteiger partial charge in [0.25, 0.3) is 0 Å². The number of hydrogen-bond donors (Lipinski definition) is 2. The second kappa shape index (κ2) is 6.26. The van der Waals surface area contributed by atoms with Gasteiger partial charge in [0.05, 0.1) is 0 Å². The van der Waals surface area contributed by atoms with E-state index in [1.165, 1.54) is 0 Å². The van der Waals surface area contributed by atoms with E-state index in [1.807, 2.05) is 20.8 Å². The first-order chi connectivity index (χ1) is 5.16. The van der Waals surface area contributed by atoms with Crippen LogP contribution in [0.5, 0.6) is 0 Å². The molecule has 0 aromatic carbocycles. The molecule has 0 saturated carbocycles. The van der Waals surface area contributed by atoms with E-state index in [0.717, 1.165) is 19.3 Å². The molecule has 3 N–H and O–H groups in total. The van der Waals surface area contributed by atoms with E-state index >= 15 is 0 Å². The molecule has 74 valence electrons. The van der Waals surface area contributed by atoms with E-state index in [2.05, 4.69) is 5.43 Å². The molecule has 0 radical (unpaired) electrons. The molecular weight excluding hydrogens is 176 g/mol. The molecule has 0 bridgehead atoms. The van der Waals surface area contributed by atoms with Gasteiger partial charge in [0, 0.05) is 5.41 Å². The lowest BCUT2D eigenvalue weighted by atomic mass is 9.79. The third-order valence-electron chi connectivity index (χ3n) is 2.64. The van der Waals surface area contributed by atoms with Gasteiger partial charge in [-0.25, -0.2) is 5.84 Å². The van der Waals surface area contributed by atoms with Crippen LogP contribution in [-0.2, 0) is 4.79 Å². The Balaban J connectivity index is 0. The van der Waals surface area contributed by atoms with Gasteiger partial charge in [-0.05, 0) is 19.3 Å². The fraction of sp³-hybridized carbons (Fsp3) is 0.875. The highest BCUT2D eigenvalue weighted by molar-refractivity contribution is 5.85. The standard InChI is InChI=1S/C8H18N2O.ClH/c1-4-8(5-2,6-3)7(11)10-9;/h4-6,9H2,1-3H3,(H,10,11);1H. The molecule has 0 fully saturated rings. The molecule has 0 aliphatic heterocycles. The topological polar surface area (TPSA) is 55.1 Å². The van der Waals surface area contributed by atoms with Crippen molar-refractivity contribution in [1.29, 1.82) is 0 Å². The number of halogens is 1. The van der Waals surface area contributed by atoms with Crippen molar-refractivity contribution in [3.63, 3.8) is 0 Å². The summed E-state index contributed by atoms with van der Waals surface area (Å²) >= 11 is 0. The van der Waals surface area contributed by atoms with Crippen LogP contribution in [0, 0.1) is 5.41 Å². The van der Waals surface area contributed by atoms with E-state index in [1.54, 1.807) is 0 Å². The molecule has 0 aliphatic carbocycles. The molecule has 0 rings (SSSR count). The van der Waals surface area contributed by atoms with Gasteiger partial charge in [-0.1, -0.05) is 20.8 Å². The summed E-state index contributed by atoms with van der Waals surface area (Å²) in [6.45, 7) is 6.05. The molecule has 0 heterocycles. The van der Waals surface area contributed by atoms with E-state index in [9.17, 15) is 4.79 Å². The first-order valence-corrected chi connectivity index (χ1v) is 4.17. The Morgan fingerprint density at radius 2 is 1.58 bits per heavy atom. The molecule has 4 heteroatoms. The molecule has 0 saturated heterocycles. The van der Waals surface area contributed by atoms with Gasteiger partial charge in [-0.15, -0.1) is 12.4 Å². The van der Waals surface area contributed by atoms with Gasteiger partial charge >= 0.3 is 0 Å². The molecule has 0 aliphatic rings. The Bertz CT molecular complexity index is 127. The fourth-order valence-electron chi connectivity index (χ4n) is 1.38. The van der Waals surface area contributed by atoms with Crippen molar-refractivity contribution in [2.24, 2.45) is 11.3 Å². The van der Waals surface area contributed by atoms with Crippen molar-refractivity contribution < 1.29 is 4.79 Å². The second-order valence-electron chi connectivity index (χ2n) is 2.81. The van der Waals surface area contributed by atoms with Crippen LogP contribution in [0.15, 0.2) is 0 Å². The van der Waals surface area contributed by atoms with Crippen LogP contribution in [-0.4, -0.2) is 5.91 Å². The Kier molecular flexibility index (Phi) is 7.44. The highest BCUT2D eigenvalue weighted by Crippen LogP contribution is 2.29. The number of amides is 1. The van der Waals surface area contributed by atoms with E-state index in [0.29, 0.717) is 0 Å². The lowest BCUT2D eigenvalue weighted by Crippen LogP contribution is -2.43. The van der Waals surface area contributed by atoms with Crippen LogP contribution in [0.2, 0.25) is 0 Å². The number of rotatable bonds is 4. The SMILES string of the molecule is CCC(CC)(CC)C(=O)NN.Cl. The zero-order valence-corrected chi connectivity index (χ0v) is 8.83. The zero-order valence-electron chi connectivity index (χ0n) is 8.02. The Labute approximate surface area is 80.5 Å². The summed E-state index contributed by atoms with van der Waals surface area (Å²) in [6.07, 6.45) is 2.55. The van der Waals surface area contributed by atoms with Crippen molar-refractivity contribution in [3.8, 4) is 0 Å². The molecule has 0 atom stereocenters. The Hall–Kier alpha value is -0.280. The molecule has 0 spiro atoms. The number of hydrazine groups is 1. The summed E-state index contributed by atoms with van der Waals surface area (Å²) < 4.78 is 0. The minimum absolute atomic E-state index is 0. The molecule has 12 heavy (non-hydrogen) atoms. The Morgan fingerprint density at radius 1 is 1.25 bits per heavy atom. The first-order valence-electron chi connectivity index (χ1n) is 4.17. The van der Waals surface area contributed by atoms with Crippen LogP contribution in [0.4, 0.5) is 0 Å². The monoisotopic (exact) mass is 194 g/mol. The number of carbonyl (C=O) groups excluding carboxylic acids is 1. The maximum atomic E-state index is 11.3. The second-order valence-corrected chi connectivity index (χ2v) is 2.81. The minimum Gasteiger partial charge on any atom is -0.294 e. The van der Waals surface area contributed by atoms with Gasteiger partial charge in [0.15, 0.2) is 0 Å². The summed E-state index contributed by atoms with van der Waals surface area (Å²) in [7, 11) is 0. The third-order valence-corrected chi connectivity index (χ3v) is 2.64. The minimum atomic E-state index is -0.241. The predicted octanol–water partition coefficient (Wildman–Crippen LogP) is 1.61. The normalized spacial score (nSPS) is 10.3. The largest absolute Gasteiger partial charge is 0.294 e. The van der Waals surface area contributed by atoms with Crippen molar-refractivity contribution in [2.45, 2.75) is 40.0 Å². The van der Waals surface area contributed by atoms with Crippen molar-refractivity contribution in [2.75, 3.05) is 0 Å². The molecule has 3 nitrogen and oxygen atoms in total. The van der Waals surface area contributed by atoms with Crippen LogP contribution < -0.4 is 11.3 Å². The predicted molar refractivity (Wildman–Crippen MR) is 52.9 cm³/mol. The van der Waals surface area contributed by atoms with Gasteiger partial charge < -0.3 is 0 Å². The fourth-order valence-corrected chi connectivity index (χ4v) is 1.38. The maximum absolute atomic E-state index is 11.3. The van der Waals surface area contributed by atoms with Crippen LogP contribution in [0.25, 0.3) is 0 Å². The quantitative estimate of drug-likeness (QED) is 0.406. The summed E-state index contributed by atoms with van der Waals surface area (Å²) in [5.41, 5.74) is 1.98. The lowest BCUT2D eigenvalue weighted by molar-refractivity contribution is -0.131. The Morgan fingerprint density at radius 3 is 1.67 bits per heavy atom. The molecule has 0 aromatic heterocycles. The summed E-state index contributed by atoms with van der Waals surface area (Å²) in [4.78, 5) is 11.3. The van der Waals surface area contributed by atoms with Gasteiger partial charge in [0.1, 0.15) is 0 Å². The zero-order chi connectivity index (χ0) is 8.91. The number of nitrogens with one attached hydrogen (secondary N) is 1. The summed E-state index contributed by atoms with van der Waals surface area (Å²) in [5.74, 6) is 5.05. The van der Waals surface area contributed by atoms with Gasteiger partial charge in [-0.2, -0.15) is 0 Å². The molecular formula is C8H19ClN2O. The summed E-state index contributed by atoms with van der Waals surface area (Å²) in [6, 6.07) is 0. The van der Waals surface area contributed by atoms with Crippen LogP contribution >= 0.6 is 12.4 Å². The number of carbonyl (C=O) groups is 1. The van der Waals surface area contributed by atoms with Gasteiger partial charge in [-0.3, -0.25) is 10.2 Å². The average molecular weight is 195 g/mol. The maximum Gasteiger partial charge on any atom is 0.240 e. The van der Waals surface area contributed by atoms with Crippen LogP contribution in [0.1, 0.15) is 40.0 Å². The lowest BCUT2D eigenvalue weighted by Gasteiger charge is -2.27. The molecule has 0 unspecified atom stereocenters. The van der Waals surface area contributed by atoms with Gasteiger partial charge in [0.2, 0.25) is 5.91 Å². The first kappa shape index (κ1) is 14.3. The average Bonchev–Trinajstić information content (AvgIpc) is 2.08. The van der Waals surface area contributed by atoms with E-state index in [4.69, 9.17) is 5.84 Å². The number of hydrogen-bond acceptors (Lipinski definition) is 2. The highest BCUT2D eigenvalue weighted by atomic mass is 35.5.